The van der Waals surface area contributed by atoms with E-state index in [1.807, 2.05) is 0 Å². The second-order valence-electron chi connectivity index (χ2n) is 14.7. The fourth-order valence-corrected chi connectivity index (χ4v) is 7.34. The monoisotopic (exact) mass is 853 g/mol. The molecule has 0 unspecified atom stereocenters. The van der Waals surface area contributed by atoms with Gasteiger partial charge in [0.05, 0.1) is 32.5 Å². The van der Waals surface area contributed by atoms with Gasteiger partial charge in [0, 0.05) is 6.92 Å². The fourth-order valence-electron chi connectivity index (χ4n) is 7.34. The summed E-state index contributed by atoms with van der Waals surface area (Å²) in [5.41, 5.74) is 0. The molecule has 0 aromatic carbocycles. The van der Waals surface area contributed by atoms with Crippen LogP contribution in [0.15, 0.2) is 0 Å². The predicted molar refractivity (Wildman–Crippen MR) is 177 cm³/mol. The van der Waals surface area contributed by atoms with Crippen LogP contribution in [0.3, 0.4) is 0 Å². The van der Waals surface area contributed by atoms with Crippen molar-refractivity contribution in [1.29, 1.82) is 0 Å². The molecule has 1 amide bonds. The average Bonchev–Trinajstić information content (AvgIpc) is 3.19. The van der Waals surface area contributed by atoms with E-state index in [1.54, 1.807) is 0 Å². The summed E-state index contributed by atoms with van der Waals surface area (Å²) in [6, 6.07) is -1.63. The van der Waals surface area contributed by atoms with E-state index in [0.29, 0.717) is 0 Å². The van der Waals surface area contributed by atoms with Crippen molar-refractivity contribution in [2.45, 2.75) is 167 Å². The van der Waals surface area contributed by atoms with E-state index in [1.165, 1.54) is 6.92 Å². The number of nitrogens with one attached hydrogen (secondary N) is 1. The Morgan fingerprint density at radius 1 is 0.448 bits per heavy atom. The second kappa shape index (κ2) is 20.1. The number of aliphatic hydroxyl groups is 15. The molecule has 0 spiro atoms. The smallest absolute Gasteiger partial charge is 0.217 e. The summed E-state index contributed by atoms with van der Waals surface area (Å²) in [4.78, 5) is 12.2. The van der Waals surface area contributed by atoms with Gasteiger partial charge in [0.2, 0.25) is 5.91 Å². The molecule has 338 valence electrons. The zero-order valence-electron chi connectivity index (χ0n) is 31.1. The Labute approximate surface area is 329 Å². The number of hydrogen-bond acceptors (Lipinski definition) is 25. The highest BCUT2D eigenvalue weighted by Crippen LogP contribution is 2.38. The molecule has 0 radical (unpaired) electrons. The summed E-state index contributed by atoms with van der Waals surface area (Å²) in [5, 5.41) is 161. The van der Waals surface area contributed by atoms with Crippen LogP contribution in [0, 0.1) is 0 Å². The van der Waals surface area contributed by atoms with Crippen molar-refractivity contribution in [2.24, 2.45) is 0 Å². The molecule has 26 nitrogen and oxygen atoms in total. The first kappa shape index (κ1) is 47.6. The third-order valence-electron chi connectivity index (χ3n) is 10.7. The molecule has 0 aromatic rings. The molecule has 5 fully saturated rings. The van der Waals surface area contributed by atoms with Gasteiger partial charge in [0.15, 0.2) is 31.5 Å². The minimum Gasteiger partial charge on any atom is -0.394 e. The summed E-state index contributed by atoms with van der Waals surface area (Å²) in [5.74, 6) is -0.765. The third kappa shape index (κ3) is 9.75. The third-order valence-corrected chi connectivity index (χ3v) is 10.7. The van der Waals surface area contributed by atoms with Crippen LogP contribution in [0.25, 0.3) is 0 Å². The van der Waals surface area contributed by atoms with Gasteiger partial charge in [0.1, 0.15) is 116 Å². The van der Waals surface area contributed by atoms with Gasteiger partial charge >= 0.3 is 0 Å². The van der Waals surface area contributed by atoms with Gasteiger partial charge in [-0.3, -0.25) is 4.79 Å². The Morgan fingerprint density at radius 3 is 1.33 bits per heavy atom. The van der Waals surface area contributed by atoms with Gasteiger partial charge in [-0.15, -0.1) is 0 Å². The number of ether oxygens (including phenoxy) is 9. The Balaban J connectivity index is 1.62. The van der Waals surface area contributed by atoms with Crippen LogP contribution >= 0.6 is 0 Å². The number of carbonyl (C=O) groups is 1. The lowest BCUT2D eigenvalue weighted by Crippen LogP contribution is -2.71. The molecule has 5 aliphatic rings. The zero-order chi connectivity index (χ0) is 42.9. The maximum absolute atomic E-state index is 12.2. The van der Waals surface area contributed by atoms with Crippen LogP contribution in [0.4, 0.5) is 0 Å². The van der Waals surface area contributed by atoms with Crippen LogP contribution in [0.2, 0.25) is 0 Å². The zero-order valence-corrected chi connectivity index (χ0v) is 31.1. The molecule has 25 atom stereocenters. The van der Waals surface area contributed by atoms with Gasteiger partial charge in [-0.25, -0.2) is 0 Å². The van der Waals surface area contributed by atoms with Crippen molar-refractivity contribution in [2.75, 3.05) is 26.4 Å². The largest absolute Gasteiger partial charge is 0.394 e. The van der Waals surface area contributed by atoms with Crippen LogP contribution in [0.5, 0.6) is 0 Å². The summed E-state index contributed by atoms with van der Waals surface area (Å²) < 4.78 is 52.3. The fraction of sp³-hybridized carbons (Fsp3) is 0.969. The Kier molecular flexibility index (Phi) is 16.5. The highest BCUT2D eigenvalue weighted by molar-refractivity contribution is 5.73. The van der Waals surface area contributed by atoms with Crippen molar-refractivity contribution in [3.05, 3.63) is 0 Å². The van der Waals surface area contributed by atoms with E-state index in [-0.39, 0.29) is 0 Å². The van der Waals surface area contributed by atoms with E-state index in [4.69, 9.17) is 42.6 Å². The van der Waals surface area contributed by atoms with Crippen LogP contribution in [-0.4, -0.2) is 262 Å². The highest BCUT2D eigenvalue weighted by atomic mass is 16.8. The molecule has 5 aliphatic heterocycles. The standard InChI is InChI=1S/C32H55NO25/c1-7-14(39)18(43)21(46)29(50-7)58-27-26(57-31-23(48)20(45)16(41)10(4-35)53-31)24(55-30-22(47)19(44)15(40)9(3-34)52-30)12(6-37)54-32(27)56-25-13(33-8(2)38)28(49)51-11(5-36)17(25)42/h7,9-32,34-37,39-49H,3-6H2,1-2H3,(H,33,38)/t7-,9+,10+,11+,12+,13+,14+,15-,16-,17-,18+,19-,20-,21-,22+,23+,24-,25+,26-,27+,28-,29-,30-,31-,32-/m0/s1. The number of aliphatic hydroxyl groups excluding tert-OH is 15. The molecule has 0 aromatic heterocycles. The molecule has 16 N–H and O–H groups in total. The first-order valence-corrected chi connectivity index (χ1v) is 18.5. The maximum Gasteiger partial charge on any atom is 0.217 e. The first-order chi connectivity index (χ1) is 27.4. The molecule has 58 heavy (non-hydrogen) atoms. The summed E-state index contributed by atoms with van der Waals surface area (Å²) in [6.45, 7) is -1.46. The second-order valence-corrected chi connectivity index (χ2v) is 14.7. The number of amides is 1. The van der Waals surface area contributed by atoms with Crippen LogP contribution < -0.4 is 5.32 Å². The lowest BCUT2D eigenvalue weighted by molar-refractivity contribution is -0.415. The lowest BCUT2D eigenvalue weighted by atomic mass is 9.94. The Morgan fingerprint density at radius 2 is 0.845 bits per heavy atom. The lowest BCUT2D eigenvalue weighted by Gasteiger charge is -2.52. The topological polar surface area (TPSA) is 416 Å². The molecule has 0 aliphatic carbocycles. The molecule has 0 bridgehead atoms. The predicted octanol–water partition coefficient (Wildman–Crippen LogP) is -10.8. The van der Waals surface area contributed by atoms with Gasteiger partial charge in [0.25, 0.3) is 0 Å². The highest BCUT2D eigenvalue weighted by Gasteiger charge is 2.58. The quantitative estimate of drug-likeness (QED) is 0.0818. The van der Waals surface area contributed by atoms with Crippen molar-refractivity contribution >= 4 is 5.91 Å². The number of hydrogen-bond donors (Lipinski definition) is 16. The van der Waals surface area contributed by atoms with Crippen LogP contribution in [0.1, 0.15) is 13.8 Å². The SMILES string of the molecule is CC(=O)N[C@@H]1[C@@H](O[C@@H]2O[C@H](CO)[C@H](O[C@@H]3O[C@H](CO)[C@H](O)[C@H](O)[C@H]3O)[C@H](O[C@@H]3O[C@H](CO)[C@H](O)[C@H](O)[C@H]3O)[C@H]2O[C@@H]2O[C@@H](C)[C@@H](O)[C@@H](O)[C@@H]2O)[C@@H](O)[C@@H](CO)O[C@@H]1O. The molecular weight excluding hydrogens is 798 g/mol. The van der Waals surface area contributed by atoms with Gasteiger partial charge in [-0.1, -0.05) is 0 Å². The molecule has 5 saturated heterocycles. The van der Waals surface area contributed by atoms with E-state index in [0.717, 1.165) is 6.92 Å². The number of rotatable bonds is 13. The average molecular weight is 854 g/mol. The van der Waals surface area contributed by atoms with Gasteiger partial charge in [-0.2, -0.15) is 0 Å². The normalized spacial score (nSPS) is 51.6. The first-order valence-electron chi connectivity index (χ1n) is 18.5. The minimum atomic E-state index is -2.14. The van der Waals surface area contributed by atoms with E-state index < -0.39 is 186 Å². The molecule has 5 rings (SSSR count). The Bertz CT molecular complexity index is 1300. The molecule has 26 heteroatoms. The Hall–Kier alpha value is -1.49. The van der Waals surface area contributed by atoms with Crippen LogP contribution in [-0.2, 0) is 47.4 Å². The van der Waals surface area contributed by atoms with E-state index >= 15 is 0 Å². The van der Waals surface area contributed by atoms with Crippen molar-refractivity contribution in [3.63, 3.8) is 0 Å². The molecule has 5 heterocycles. The van der Waals surface area contributed by atoms with Gasteiger partial charge in [-0.05, 0) is 6.92 Å². The number of carbonyl (C=O) groups excluding carboxylic acids is 1. The minimum absolute atomic E-state index is 0.765. The maximum atomic E-state index is 12.2. The van der Waals surface area contributed by atoms with E-state index in [2.05, 4.69) is 5.32 Å². The van der Waals surface area contributed by atoms with E-state index in [9.17, 15) is 81.4 Å². The van der Waals surface area contributed by atoms with Crippen molar-refractivity contribution < 1.29 is 124 Å². The van der Waals surface area contributed by atoms with Crippen molar-refractivity contribution in [1.82, 2.24) is 5.32 Å². The van der Waals surface area contributed by atoms with Crippen molar-refractivity contribution in [3.8, 4) is 0 Å². The molecule has 0 saturated carbocycles. The van der Waals surface area contributed by atoms with Gasteiger partial charge < -0.3 is 125 Å². The summed E-state index contributed by atoms with van der Waals surface area (Å²) in [7, 11) is 0. The molecular formula is C32H55NO25. The summed E-state index contributed by atoms with van der Waals surface area (Å²) in [6.07, 6.45) is -45.2. The summed E-state index contributed by atoms with van der Waals surface area (Å²) >= 11 is 0.